The second-order valence-corrected chi connectivity index (χ2v) is 10.9. The Hall–Kier alpha value is -4.74. The summed E-state index contributed by atoms with van der Waals surface area (Å²) >= 11 is 0. The number of hydrogen-bond donors (Lipinski definition) is 6. The molecule has 222 valence electrons. The van der Waals surface area contributed by atoms with Crippen LogP contribution in [-0.4, -0.2) is 61.2 Å². The minimum atomic E-state index is 1.02. The monoisotopic (exact) mass is 570 g/mol. The molecule has 6 heterocycles. The maximum Gasteiger partial charge on any atom is 0.0673 e. The van der Waals surface area contributed by atoms with E-state index in [1.54, 1.807) is 0 Å². The number of rotatable bonds is 3. The summed E-state index contributed by atoms with van der Waals surface area (Å²) in [6, 6.07) is 0. The second kappa shape index (κ2) is 12.0. The summed E-state index contributed by atoms with van der Waals surface area (Å²) in [5, 5.41) is 43.1. The zero-order valence-electron chi connectivity index (χ0n) is 26.7. The Balaban J connectivity index is 0.000000145. The van der Waals surface area contributed by atoms with E-state index < -0.39 is 0 Å². The van der Waals surface area contributed by atoms with E-state index in [9.17, 15) is 0 Å². The molecule has 0 saturated carbocycles. The second-order valence-electron chi connectivity index (χ2n) is 10.9. The Morgan fingerprint density at radius 2 is 0.357 bits per heavy atom. The van der Waals surface area contributed by atoms with Crippen LogP contribution in [-0.2, 0) is 0 Å². The Morgan fingerprint density at radius 1 is 0.238 bits per heavy atom. The number of aromatic nitrogens is 12. The summed E-state index contributed by atoms with van der Waals surface area (Å²) in [6.07, 6.45) is 0. The number of aryl methyl sites for hydroxylation is 12. The molecule has 0 aliphatic heterocycles. The minimum absolute atomic E-state index is 1.02. The third kappa shape index (κ3) is 5.69. The summed E-state index contributed by atoms with van der Waals surface area (Å²) in [5.41, 5.74) is 19.7. The first kappa shape index (κ1) is 30.2. The molecule has 0 aliphatic rings. The summed E-state index contributed by atoms with van der Waals surface area (Å²) in [4.78, 5) is 0. The molecule has 6 rings (SSSR count). The molecule has 6 aromatic rings. The third-order valence-electron chi connectivity index (χ3n) is 7.52. The van der Waals surface area contributed by atoms with Gasteiger partial charge in [0.2, 0.25) is 0 Å². The Morgan fingerprint density at radius 3 is 0.429 bits per heavy atom. The highest BCUT2D eigenvalue weighted by atomic mass is 15.2. The molecule has 0 aromatic carbocycles. The van der Waals surface area contributed by atoms with Crippen molar-refractivity contribution in [3.63, 3.8) is 0 Å². The van der Waals surface area contributed by atoms with Crippen molar-refractivity contribution in [2.45, 2.75) is 83.1 Å². The van der Waals surface area contributed by atoms with Crippen molar-refractivity contribution in [2.24, 2.45) is 0 Å². The fourth-order valence-electron chi connectivity index (χ4n) is 5.52. The molecule has 0 unspecified atom stereocenters. The molecule has 0 fully saturated rings. The maximum atomic E-state index is 4.19. The summed E-state index contributed by atoms with van der Waals surface area (Å²) in [7, 11) is 0. The minimum Gasteiger partial charge on any atom is -0.282 e. The molecule has 42 heavy (non-hydrogen) atoms. The van der Waals surface area contributed by atoms with Gasteiger partial charge in [-0.1, -0.05) is 0 Å². The predicted molar refractivity (Wildman–Crippen MR) is 165 cm³/mol. The van der Waals surface area contributed by atoms with Crippen molar-refractivity contribution >= 4 is 0 Å². The molecular formula is C30H42N12. The summed E-state index contributed by atoms with van der Waals surface area (Å²) < 4.78 is 0. The number of H-pyrrole nitrogens is 6. The predicted octanol–water partition coefficient (Wildman–Crippen LogP) is 6.10. The van der Waals surface area contributed by atoms with E-state index in [2.05, 4.69) is 61.2 Å². The molecule has 0 amide bonds. The highest BCUT2D eigenvalue weighted by Crippen LogP contribution is 2.31. The van der Waals surface area contributed by atoms with Gasteiger partial charge in [-0.05, 0) is 83.1 Å². The lowest BCUT2D eigenvalue weighted by Gasteiger charge is -2.00. The average Bonchev–Trinajstić information content (AvgIpc) is 3.77. The first-order valence-electron chi connectivity index (χ1n) is 13.9. The van der Waals surface area contributed by atoms with Crippen molar-refractivity contribution in [3.8, 4) is 33.4 Å². The quantitative estimate of drug-likeness (QED) is 0.150. The van der Waals surface area contributed by atoms with Gasteiger partial charge >= 0.3 is 0 Å². The van der Waals surface area contributed by atoms with Gasteiger partial charge in [-0.2, -0.15) is 30.6 Å². The van der Waals surface area contributed by atoms with Crippen molar-refractivity contribution in [3.05, 3.63) is 68.3 Å². The summed E-state index contributed by atoms with van der Waals surface area (Å²) in [5.74, 6) is 0. The van der Waals surface area contributed by atoms with E-state index in [-0.39, 0.29) is 0 Å². The van der Waals surface area contributed by atoms with Crippen LogP contribution in [0.2, 0.25) is 0 Å². The first-order chi connectivity index (χ1) is 19.8. The number of hydrogen-bond acceptors (Lipinski definition) is 6. The molecule has 0 bridgehead atoms. The van der Waals surface area contributed by atoms with Gasteiger partial charge in [-0.15, -0.1) is 0 Å². The van der Waals surface area contributed by atoms with Gasteiger partial charge in [0.15, 0.2) is 0 Å². The lowest BCUT2D eigenvalue weighted by Crippen LogP contribution is -1.85. The van der Waals surface area contributed by atoms with Crippen LogP contribution in [0.15, 0.2) is 0 Å². The normalized spacial score (nSPS) is 10.9. The first-order valence-corrected chi connectivity index (χ1v) is 13.9. The van der Waals surface area contributed by atoms with Crippen molar-refractivity contribution in [1.82, 2.24) is 61.2 Å². The van der Waals surface area contributed by atoms with E-state index in [4.69, 9.17) is 0 Å². The van der Waals surface area contributed by atoms with Crippen LogP contribution >= 0.6 is 0 Å². The molecule has 0 saturated heterocycles. The topological polar surface area (TPSA) is 172 Å². The molecule has 0 atom stereocenters. The molecule has 12 nitrogen and oxygen atoms in total. The fourth-order valence-corrected chi connectivity index (χ4v) is 5.52. The largest absolute Gasteiger partial charge is 0.282 e. The van der Waals surface area contributed by atoms with Gasteiger partial charge in [0.25, 0.3) is 0 Å². The van der Waals surface area contributed by atoms with Crippen LogP contribution in [0.1, 0.15) is 68.3 Å². The van der Waals surface area contributed by atoms with Crippen LogP contribution in [0.3, 0.4) is 0 Å². The highest BCUT2D eigenvalue weighted by Gasteiger charge is 2.17. The lowest BCUT2D eigenvalue weighted by molar-refractivity contribution is 1.02. The van der Waals surface area contributed by atoms with E-state index in [0.717, 1.165) is 68.3 Å². The number of nitrogens with one attached hydrogen (secondary N) is 6. The zero-order chi connectivity index (χ0) is 30.9. The highest BCUT2D eigenvalue weighted by molar-refractivity contribution is 5.74. The Kier molecular flexibility index (Phi) is 8.64. The molecule has 12 heteroatoms. The number of aromatic amines is 6. The van der Waals surface area contributed by atoms with E-state index in [0.29, 0.717) is 0 Å². The van der Waals surface area contributed by atoms with Crippen molar-refractivity contribution in [2.75, 3.05) is 0 Å². The van der Waals surface area contributed by atoms with Gasteiger partial charge in [0.1, 0.15) is 0 Å². The molecular weight excluding hydrogens is 528 g/mol. The molecule has 6 N–H and O–H groups in total. The SMILES string of the molecule is Cc1n[nH]c(C)c1-c1c(C)n[nH]c1C.Cc1n[nH]c(C)c1-c1c(C)n[nH]c1C.Cc1n[nH]c(C)c1-c1c(C)n[nH]c1C. The van der Waals surface area contributed by atoms with E-state index in [1.165, 1.54) is 33.4 Å². The van der Waals surface area contributed by atoms with Crippen LogP contribution < -0.4 is 0 Å². The molecule has 0 spiro atoms. The van der Waals surface area contributed by atoms with Crippen molar-refractivity contribution in [1.29, 1.82) is 0 Å². The van der Waals surface area contributed by atoms with Gasteiger partial charge in [0, 0.05) is 67.5 Å². The van der Waals surface area contributed by atoms with Gasteiger partial charge in [0.05, 0.1) is 34.2 Å². The van der Waals surface area contributed by atoms with E-state index >= 15 is 0 Å². The van der Waals surface area contributed by atoms with Gasteiger partial charge < -0.3 is 0 Å². The number of nitrogens with zero attached hydrogens (tertiary/aromatic N) is 6. The maximum absolute atomic E-state index is 4.19. The summed E-state index contributed by atoms with van der Waals surface area (Å²) in [6.45, 7) is 24.2. The zero-order valence-corrected chi connectivity index (χ0v) is 26.7. The molecule has 0 radical (unpaired) electrons. The van der Waals surface area contributed by atoms with Crippen LogP contribution in [0.25, 0.3) is 33.4 Å². The van der Waals surface area contributed by atoms with Gasteiger partial charge in [-0.3, -0.25) is 30.6 Å². The van der Waals surface area contributed by atoms with Gasteiger partial charge in [-0.25, -0.2) is 0 Å². The molecule has 0 aliphatic carbocycles. The lowest BCUT2D eigenvalue weighted by atomic mass is 10.0. The average molecular weight is 571 g/mol. The smallest absolute Gasteiger partial charge is 0.0673 e. The Labute approximate surface area is 245 Å². The van der Waals surface area contributed by atoms with E-state index in [1.807, 2.05) is 83.1 Å². The van der Waals surface area contributed by atoms with Crippen LogP contribution in [0.4, 0.5) is 0 Å². The third-order valence-corrected chi connectivity index (χ3v) is 7.52. The van der Waals surface area contributed by atoms with Crippen molar-refractivity contribution < 1.29 is 0 Å². The van der Waals surface area contributed by atoms with Crippen LogP contribution in [0, 0.1) is 83.1 Å². The molecule has 6 aromatic heterocycles. The standard InChI is InChI=1S/3C10H14N4/c3*1-5-9(6(2)12-11-5)10-7(3)13-14-8(10)4/h3*1-4H3,(H,11,12)(H,13,14). The Bertz CT molecular complexity index is 1350. The fraction of sp³-hybridized carbons (Fsp3) is 0.400. The van der Waals surface area contributed by atoms with Crippen LogP contribution in [0.5, 0.6) is 0 Å².